The molecule has 2 unspecified atom stereocenters. The van der Waals surface area contributed by atoms with E-state index in [1.807, 2.05) is 30.3 Å². The Morgan fingerprint density at radius 3 is 2.91 bits per heavy atom. The lowest BCUT2D eigenvalue weighted by atomic mass is 9.91. The first-order chi connectivity index (χ1) is 16.1. The fourth-order valence-electron chi connectivity index (χ4n) is 5.20. The van der Waals surface area contributed by atoms with E-state index in [4.69, 9.17) is 9.26 Å². The second kappa shape index (κ2) is 9.51. The summed E-state index contributed by atoms with van der Waals surface area (Å²) in [7, 11) is 0. The van der Waals surface area contributed by atoms with E-state index in [1.54, 1.807) is 0 Å². The lowest BCUT2D eigenvalue weighted by Gasteiger charge is -2.20. The molecule has 5 rings (SSSR count). The van der Waals surface area contributed by atoms with Crippen LogP contribution in [0.1, 0.15) is 57.1 Å². The highest BCUT2D eigenvalue weighted by atomic mass is 16.5. The zero-order valence-corrected chi connectivity index (χ0v) is 19.1. The number of carbonyl (C=O) groups excluding carboxylic acids is 2. The Balaban J connectivity index is 1.31. The minimum Gasteiger partial charge on any atom is -0.492 e. The van der Waals surface area contributed by atoms with Gasteiger partial charge in [0.15, 0.2) is 5.58 Å². The molecule has 2 amide bonds. The van der Waals surface area contributed by atoms with Crippen molar-refractivity contribution < 1.29 is 18.8 Å². The molecule has 7 heteroatoms. The molecule has 2 aliphatic heterocycles. The maximum absolute atomic E-state index is 12.4. The Morgan fingerprint density at radius 1 is 1.15 bits per heavy atom. The van der Waals surface area contributed by atoms with Gasteiger partial charge in [0.1, 0.15) is 18.1 Å². The SMILES string of the molecule is CCC1CCCN(CCOc2ccc3c(ccc4onc(C5CCC(=O)NC5=O)c43)c2)CC1. The molecule has 33 heavy (non-hydrogen) atoms. The average Bonchev–Trinajstić information content (AvgIpc) is 3.11. The Morgan fingerprint density at radius 2 is 2.06 bits per heavy atom. The van der Waals surface area contributed by atoms with Gasteiger partial charge in [0.05, 0.1) is 11.3 Å². The summed E-state index contributed by atoms with van der Waals surface area (Å²) in [5, 5.41) is 9.44. The molecule has 2 fully saturated rings. The van der Waals surface area contributed by atoms with Crippen molar-refractivity contribution in [1.82, 2.24) is 15.4 Å². The molecule has 1 aromatic heterocycles. The summed E-state index contributed by atoms with van der Waals surface area (Å²) >= 11 is 0. The number of aromatic nitrogens is 1. The summed E-state index contributed by atoms with van der Waals surface area (Å²) in [5.74, 6) is 0.683. The number of imide groups is 1. The highest BCUT2D eigenvalue weighted by molar-refractivity contribution is 6.10. The lowest BCUT2D eigenvalue weighted by Crippen LogP contribution is -2.39. The second-order valence-corrected chi connectivity index (χ2v) is 9.29. The van der Waals surface area contributed by atoms with E-state index >= 15 is 0 Å². The molecule has 3 aromatic rings. The van der Waals surface area contributed by atoms with Crippen LogP contribution in [0.4, 0.5) is 0 Å². The molecule has 0 radical (unpaired) electrons. The van der Waals surface area contributed by atoms with Gasteiger partial charge in [-0.15, -0.1) is 0 Å². The first-order valence-electron chi connectivity index (χ1n) is 12.1. The maximum Gasteiger partial charge on any atom is 0.235 e. The third-order valence-electron chi connectivity index (χ3n) is 7.21. The number of likely N-dealkylation sites (tertiary alicyclic amines) is 1. The van der Waals surface area contributed by atoms with E-state index in [0.29, 0.717) is 30.7 Å². The van der Waals surface area contributed by atoms with Gasteiger partial charge in [-0.3, -0.25) is 19.8 Å². The summed E-state index contributed by atoms with van der Waals surface area (Å²) in [6, 6.07) is 9.89. The number of hydrogen-bond acceptors (Lipinski definition) is 6. The molecule has 2 atom stereocenters. The summed E-state index contributed by atoms with van der Waals surface area (Å²) in [5.41, 5.74) is 1.24. The van der Waals surface area contributed by atoms with Crippen molar-refractivity contribution in [2.45, 2.75) is 51.4 Å². The van der Waals surface area contributed by atoms with Crippen LogP contribution in [0.2, 0.25) is 0 Å². The molecule has 1 N–H and O–H groups in total. The van der Waals surface area contributed by atoms with Crippen molar-refractivity contribution in [1.29, 1.82) is 0 Å². The van der Waals surface area contributed by atoms with Gasteiger partial charge >= 0.3 is 0 Å². The van der Waals surface area contributed by atoms with Crippen molar-refractivity contribution in [3.05, 3.63) is 36.0 Å². The maximum atomic E-state index is 12.4. The van der Waals surface area contributed by atoms with Crippen molar-refractivity contribution in [2.24, 2.45) is 5.92 Å². The molecule has 2 saturated heterocycles. The van der Waals surface area contributed by atoms with Crippen molar-refractivity contribution in [2.75, 3.05) is 26.2 Å². The van der Waals surface area contributed by atoms with Gasteiger partial charge in [-0.1, -0.05) is 24.6 Å². The van der Waals surface area contributed by atoms with Crippen LogP contribution in [0.5, 0.6) is 5.75 Å². The lowest BCUT2D eigenvalue weighted by molar-refractivity contribution is -0.134. The Kier molecular flexibility index (Phi) is 6.31. The summed E-state index contributed by atoms with van der Waals surface area (Å²) < 4.78 is 11.6. The third kappa shape index (κ3) is 4.60. The molecule has 2 aliphatic rings. The average molecular weight is 450 g/mol. The zero-order valence-electron chi connectivity index (χ0n) is 19.1. The molecule has 0 bridgehead atoms. The Bertz CT molecular complexity index is 1170. The highest BCUT2D eigenvalue weighted by Crippen LogP contribution is 2.36. The summed E-state index contributed by atoms with van der Waals surface area (Å²) in [6.45, 7) is 6.23. The van der Waals surface area contributed by atoms with Crippen molar-refractivity contribution in [3.63, 3.8) is 0 Å². The largest absolute Gasteiger partial charge is 0.492 e. The second-order valence-electron chi connectivity index (χ2n) is 9.29. The minimum atomic E-state index is -0.480. The number of fused-ring (bicyclic) bond motifs is 3. The van der Waals surface area contributed by atoms with Crippen LogP contribution in [0.25, 0.3) is 21.7 Å². The number of ether oxygens (including phenoxy) is 1. The van der Waals surface area contributed by atoms with Gasteiger partial charge in [-0.25, -0.2) is 0 Å². The van der Waals surface area contributed by atoms with E-state index in [2.05, 4.69) is 22.3 Å². The van der Waals surface area contributed by atoms with Crippen LogP contribution in [-0.4, -0.2) is 48.1 Å². The quantitative estimate of drug-likeness (QED) is 0.562. The van der Waals surface area contributed by atoms with E-state index in [0.717, 1.165) is 47.5 Å². The van der Waals surface area contributed by atoms with Crippen LogP contribution in [0.15, 0.2) is 34.9 Å². The molecule has 0 aliphatic carbocycles. The third-order valence-corrected chi connectivity index (χ3v) is 7.21. The van der Waals surface area contributed by atoms with E-state index < -0.39 is 5.92 Å². The van der Waals surface area contributed by atoms with Gasteiger partial charge in [0.2, 0.25) is 11.8 Å². The molecule has 7 nitrogen and oxygen atoms in total. The summed E-state index contributed by atoms with van der Waals surface area (Å²) in [6.07, 6.45) is 5.95. The minimum absolute atomic E-state index is 0.235. The Hall–Kier alpha value is -2.93. The first kappa shape index (κ1) is 21.9. The van der Waals surface area contributed by atoms with E-state index in [9.17, 15) is 9.59 Å². The molecule has 3 heterocycles. The molecule has 174 valence electrons. The van der Waals surface area contributed by atoms with Gasteiger partial charge in [0, 0.05) is 13.0 Å². The van der Waals surface area contributed by atoms with Crippen LogP contribution in [0, 0.1) is 5.92 Å². The number of rotatable bonds is 6. The molecular weight excluding hydrogens is 418 g/mol. The smallest absolute Gasteiger partial charge is 0.235 e. The number of benzene rings is 2. The van der Waals surface area contributed by atoms with E-state index in [1.165, 1.54) is 25.7 Å². The topological polar surface area (TPSA) is 84.7 Å². The monoisotopic (exact) mass is 449 g/mol. The standard InChI is InChI=1S/C26H31N3O4/c1-2-17-4-3-12-29(13-11-17)14-15-32-19-6-7-20-18(16-19)5-9-22-24(20)25(28-33-22)21-8-10-23(30)27-26(21)31/h5-7,9,16-17,21H,2-4,8,10-15H2,1H3,(H,27,30,31). The number of nitrogens with zero attached hydrogens (tertiary/aromatic N) is 2. The van der Waals surface area contributed by atoms with Gasteiger partial charge < -0.3 is 9.26 Å². The zero-order chi connectivity index (χ0) is 22.8. The summed E-state index contributed by atoms with van der Waals surface area (Å²) in [4.78, 5) is 26.5. The fourth-order valence-corrected chi connectivity index (χ4v) is 5.20. The predicted molar refractivity (Wildman–Crippen MR) is 126 cm³/mol. The first-order valence-corrected chi connectivity index (χ1v) is 12.1. The molecule has 0 saturated carbocycles. The van der Waals surface area contributed by atoms with Crippen LogP contribution in [-0.2, 0) is 9.59 Å². The number of amides is 2. The number of nitrogens with one attached hydrogen (secondary N) is 1. The van der Waals surface area contributed by atoms with Crippen LogP contribution < -0.4 is 10.1 Å². The highest BCUT2D eigenvalue weighted by Gasteiger charge is 2.32. The van der Waals surface area contributed by atoms with Crippen LogP contribution in [0.3, 0.4) is 0 Å². The van der Waals surface area contributed by atoms with Crippen LogP contribution >= 0.6 is 0 Å². The molecule has 2 aromatic carbocycles. The fraction of sp³-hybridized carbons (Fsp3) is 0.500. The van der Waals surface area contributed by atoms with Gasteiger partial charge in [-0.05, 0) is 79.7 Å². The predicted octanol–water partition coefficient (Wildman–Crippen LogP) is 4.39. The number of carbonyl (C=O) groups is 2. The van der Waals surface area contributed by atoms with Crippen molar-refractivity contribution >= 4 is 33.6 Å². The number of hydrogen-bond donors (Lipinski definition) is 1. The van der Waals surface area contributed by atoms with E-state index in [-0.39, 0.29) is 11.8 Å². The molecule has 0 spiro atoms. The Labute approximate surface area is 193 Å². The normalized spacial score (nSPS) is 22.5. The van der Waals surface area contributed by atoms with Crippen molar-refractivity contribution in [3.8, 4) is 5.75 Å². The number of piperidine rings is 1. The van der Waals surface area contributed by atoms with Gasteiger partial charge in [0.25, 0.3) is 0 Å². The van der Waals surface area contributed by atoms with Gasteiger partial charge in [-0.2, -0.15) is 0 Å². The molecular formula is C26H31N3O4.